The zero-order chi connectivity index (χ0) is 46.4. The van der Waals surface area contributed by atoms with E-state index >= 15 is 0 Å². The summed E-state index contributed by atoms with van der Waals surface area (Å²) in [4.78, 5) is 113. The number of carbonyl (C=O) groups excluding carboxylic acids is 8. The normalized spacial score (nSPS) is 35.8. The molecule has 2 aliphatic carbocycles. The molecule has 3 fully saturated rings. The number of benzene rings is 1. The first kappa shape index (κ1) is 46.5. The van der Waals surface area contributed by atoms with E-state index in [1.807, 2.05) is 0 Å². The monoisotopic (exact) mass is 883 g/mol. The van der Waals surface area contributed by atoms with Gasteiger partial charge in [-0.2, -0.15) is 0 Å². The smallest absolute Gasteiger partial charge is 0.340 e. The molecule has 1 spiro atoms. The van der Waals surface area contributed by atoms with E-state index in [-0.39, 0.29) is 23.2 Å². The number of hydrogen-bond acceptors (Lipinski definition) is 20. The number of fused-ring (bicyclic) bond motifs is 5. The van der Waals surface area contributed by atoms with Crippen LogP contribution < -0.4 is 0 Å². The van der Waals surface area contributed by atoms with Gasteiger partial charge in [0.2, 0.25) is 0 Å². The Labute approximate surface area is 360 Å². The standard InChI is InChI=1S/C43H49NO19/c1-21(45)55-20-42-34(59-24(4)48)30(57-22(2)46)29-32(58-23(3)47)43(42)41(8,54)33(31(35(42)60-25(5)49)61-36(50)26-13-10-9-11-14-26)62-38(52)39(6,53)17-16-28-27(15-12-18-44-28)37(51)56-19-40(29,7)63-43/h9-15,18,29-35,53-54H,16-17,19-20H2,1-8H3/t29-,30-,31+,32-,33+,34-,35+,39-,40+,41+,42-,43+/m1/s1. The second kappa shape index (κ2) is 16.9. The first-order valence-electron chi connectivity index (χ1n) is 20.0. The van der Waals surface area contributed by atoms with Gasteiger partial charge in [0.15, 0.2) is 35.6 Å². The number of aryl methyl sites for hydroxylation is 1. The van der Waals surface area contributed by atoms with Crippen LogP contribution >= 0.6 is 0 Å². The molecule has 1 aromatic carbocycles. The van der Waals surface area contributed by atoms with Gasteiger partial charge in [0.05, 0.1) is 22.7 Å². The molecule has 340 valence electrons. The number of rotatable bonds is 8. The molecule has 2 aromatic rings. The van der Waals surface area contributed by atoms with Gasteiger partial charge in [0, 0.05) is 40.8 Å². The van der Waals surface area contributed by atoms with Crippen molar-refractivity contribution < 1.29 is 91.2 Å². The number of carbonyl (C=O) groups is 8. The molecule has 4 bridgehead atoms. The lowest BCUT2D eigenvalue weighted by molar-refractivity contribution is -0.386. The van der Waals surface area contributed by atoms with E-state index in [1.165, 1.54) is 49.5 Å². The van der Waals surface area contributed by atoms with Crippen LogP contribution in [0.1, 0.15) is 88.2 Å². The van der Waals surface area contributed by atoms with E-state index in [0.717, 1.165) is 48.5 Å². The molecule has 1 saturated heterocycles. The minimum atomic E-state index is -2.98. The highest BCUT2D eigenvalue weighted by Gasteiger charge is 2.92. The number of hydrogen-bond donors (Lipinski definition) is 2. The summed E-state index contributed by atoms with van der Waals surface area (Å²) in [5.41, 5.74) is -13.3. The van der Waals surface area contributed by atoms with E-state index in [0.29, 0.717) is 0 Å². The van der Waals surface area contributed by atoms with Crippen molar-refractivity contribution in [1.82, 2.24) is 4.98 Å². The Morgan fingerprint density at radius 3 is 1.92 bits per heavy atom. The fourth-order valence-corrected chi connectivity index (χ4v) is 9.73. The third-order valence-corrected chi connectivity index (χ3v) is 12.2. The van der Waals surface area contributed by atoms with Gasteiger partial charge in [-0.25, -0.2) is 14.4 Å². The summed E-state index contributed by atoms with van der Waals surface area (Å²) in [6.07, 6.45) is -12.0. The second-order valence-corrected chi connectivity index (χ2v) is 16.7. The molecule has 63 heavy (non-hydrogen) atoms. The van der Waals surface area contributed by atoms with Crippen LogP contribution in [0, 0.1) is 11.3 Å². The average molecular weight is 884 g/mol. The molecule has 6 rings (SSSR count). The molecule has 0 amide bonds. The molecule has 2 saturated carbocycles. The minimum Gasteiger partial charge on any atom is -0.465 e. The van der Waals surface area contributed by atoms with Gasteiger partial charge < -0.3 is 52.8 Å². The highest BCUT2D eigenvalue weighted by Crippen LogP contribution is 2.70. The number of nitrogens with zero attached hydrogens (tertiary/aromatic N) is 1. The Morgan fingerprint density at radius 1 is 0.746 bits per heavy atom. The molecule has 20 heteroatoms. The first-order chi connectivity index (χ1) is 29.4. The Balaban J connectivity index is 1.79. The van der Waals surface area contributed by atoms with Crippen LogP contribution in [0.15, 0.2) is 48.7 Å². The van der Waals surface area contributed by atoms with Gasteiger partial charge in [-0.1, -0.05) is 18.2 Å². The Bertz CT molecular complexity index is 2190. The van der Waals surface area contributed by atoms with Crippen molar-refractivity contribution in [1.29, 1.82) is 0 Å². The summed E-state index contributed by atoms with van der Waals surface area (Å²) in [5.74, 6) is -10.5. The fraction of sp³-hybridized carbons (Fsp3) is 0.558. The van der Waals surface area contributed by atoms with Crippen molar-refractivity contribution in [3.63, 3.8) is 0 Å². The Morgan fingerprint density at radius 2 is 1.33 bits per heavy atom. The summed E-state index contributed by atoms with van der Waals surface area (Å²) in [5, 5.41) is 25.4. The SMILES string of the molecule is CC(=O)OC[C@]12[C@H](OC(C)=O)[C@H](OC(C)=O)[C@@H]3[C@@H](OC(C)=O)[C@@]14O[C@@]3(C)COC(=O)c1cccnc1CC[C@@](C)(O)C(=O)O[C@@H]([C@H](OC(=O)c1ccccc1)[C@@H]2OC(C)=O)[C@]4(C)O. The summed E-state index contributed by atoms with van der Waals surface area (Å²) in [7, 11) is 0. The van der Waals surface area contributed by atoms with Crippen LogP contribution in [-0.2, 0) is 77.8 Å². The van der Waals surface area contributed by atoms with Gasteiger partial charge in [-0.15, -0.1) is 0 Å². The van der Waals surface area contributed by atoms with E-state index < -0.39 is 138 Å². The zero-order valence-corrected chi connectivity index (χ0v) is 35.8. The van der Waals surface area contributed by atoms with E-state index in [4.69, 9.17) is 42.6 Å². The third-order valence-electron chi connectivity index (χ3n) is 12.2. The molecule has 4 aliphatic rings. The third kappa shape index (κ3) is 7.99. The van der Waals surface area contributed by atoms with Crippen LogP contribution in [0.3, 0.4) is 0 Å². The highest BCUT2D eigenvalue weighted by molar-refractivity contribution is 5.91. The van der Waals surface area contributed by atoms with Crippen molar-refractivity contribution in [2.75, 3.05) is 13.2 Å². The largest absolute Gasteiger partial charge is 0.465 e. The Hall–Kier alpha value is -5.99. The van der Waals surface area contributed by atoms with Crippen LogP contribution in [0.5, 0.6) is 0 Å². The molecule has 12 atom stereocenters. The fourth-order valence-electron chi connectivity index (χ4n) is 9.73. The lowest BCUT2D eigenvalue weighted by atomic mass is 9.45. The average Bonchev–Trinajstić information content (AvgIpc) is 3.42. The van der Waals surface area contributed by atoms with Crippen LogP contribution in [0.4, 0.5) is 0 Å². The van der Waals surface area contributed by atoms with Crippen molar-refractivity contribution in [2.24, 2.45) is 11.3 Å². The van der Waals surface area contributed by atoms with Gasteiger partial charge in [0.25, 0.3) is 0 Å². The molecular formula is C43H49NO19. The summed E-state index contributed by atoms with van der Waals surface area (Å²) < 4.78 is 54.9. The molecule has 0 radical (unpaired) electrons. The van der Waals surface area contributed by atoms with Crippen LogP contribution in [0.2, 0.25) is 0 Å². The maximum atomic E-state index is 14.5. The predicted molar refractivity (Wildman–Crippen MR) is 207 cm³/mol. The number of cyclic esters (lactones) is 1. The number of pyridine rings is 1. The lowest BCUT2D eigenvalue weighted by Gasteiger charge is -2.67. The van der Waals surface area contributed by atoms with Gasteiger partial charge in [0.1, 0.15) is 42.0 Å². The van der Waals surface area contributed by atoms with Crippen molar-refractivity contribution in [3.05, 3.63) is 65.5 Å². The van der Waals surface area contributed by atoms with Crippen LogP contribution in [-0.4, -0.2) is 135 Å². The Kier molecular flexibility index (Phi) is 12.5. The molecule has 2 N–H and O–H groups in total. The zero-order valence-electron chi connectivity index (χ0n) is 35.8. The quantitative estimate of drug-likeness (QED) is 0.279. The number of aromatic nitrogens is 1. The predicted octanol–water partition coefficient (Wildman–Crippen LogP) is 1.27. The van der Waals surface area contributed by atoms with Gasteiger partial charge in [-0.05, 0) is 57.9 Å². The van der Waals surface area contributed by atoms with Crippen LogP contribution in [0.25, 0.3) is 0 Å². The van der Waals surface area contributed by atoms with E-state index in [9.17, 15) is 48.6 Å². The summed E-state index contributed by atoms with van der Waals surface area (Å²) in [6, 6.07) is 10.1. The number of esters is 8. The van der Waals surface area contributed by atoms with Crippen molar-refractivity contribution in [3.8, 4) is 0 Å². The highest BCUT2D eigenvalue weighted by atomic mass is 16.7. The molecule has 0 unspecified atom stereocenters. The maximum absolute atomic E-state index is 14.5. The molecule has 3 heterocycles. The summed E-state index contributed by atoms with van der Waals surface area (Å²) in [6.45, 7) is 6.37. The number of aliphatic hydroxyl groups is 2. The molecule has 20 nitrogen and oxygen atoms in total. The lowest BCUT2D eigenvalue weighted by Crippen LogP contribution is -2.89. The van der Waals surface area contributed by atoms with Gasteiger partial charge >= 0.3 is 47.8 Å². The minimum absolute atomic E-state index is 0.0847. The van der Waals surface area contributed by atoms with E-state index in [2.05, 4.69) is 4.98 Å². The van der Waals surface area contributed by atoms with Gasteiger partial charge in [-0.3, -0.25) is 29.0 Å². The maximum Gasteiger partial charge on any atom is 0.340 e. The molecule has 1 aromatic heterocycles. The van der Waals surface area contributed by atoms with Crippen molar-refractivity contribution >= 4 is 47.8 Å². The molecule has 2 aliphatic heterocycles. The number of ether oxygens (including phenoxy) is 9. The first-order valence-corrected chi connectivity index (χ1v) is 20.0. The van der Waals surface area contributed by atoms with E-state index in [1.54, 1.807) is 6.07 Å². The van der Waals surface area contributed by atoms with Crippen molar-refractivity contribution in [2.45, 2.75) is 127 Å². The topological polar surface area (TPSA) is 273 Å². The molecular weight excluding hydrogens is 834 g/mol. The summed E-state index contributed by atoms with van der Waals surface area (Å²) >= 11 is 0. The second-order valence-electron chi connectivity index (χ2n) is 16.7.